The van der Waals surface area contributed by atoms with Crippen molar-refractivity contribution in [1.29, 1.82) is 0 Å². The van der Waals surface area contributed by atoms with E-state index in [-0.39, 0.29) is 11.9 Å². The molecular weight excluding hydrogens is 370 g/mol. The molecule has 0 bridgehead atoms. The van der Waals surface area contributed by atoms with Crippen LogP contribution in [0.3, 0.4) is 0 Å². The number of benzene rings is 1. The van der Waals surface area contributed by atoms with Crippen LogP contribution in [0.15, 0.2) is 28.7 Å². The normalized spacial score (nSPS) is 17.0. The Morgan fingerprint density at radius 2 is 2.12 bits per heavy atom. The first-order valence-corrected chi connectivity index (χ1v) is 9.00. The molecule has 3 rings (SSSR count). The number of rotatable bonds is 4. The molecule has 2 aromatic rings. The van der Waals surface area contributed by atoms with Crippen molar-refractivity contribution in [2.75, 3.05) is 32.8 Å². The third kappa shape index (κ3) is 4.12. The first-order valence-electron chi connectivity index (χ1n) is 8.21. The maximum absolute atomic E-state index is 12.8. The van der Waals surface area contributed by atoms with Crippen LogP contribution in [0.1, 0.15) is 23.0 Å². The Bertz CT molecular complexity index is 739. The van der Waals surface area contributed by atoms with Crippen LogP contribution >= 0.6 is 15.9 Å². The van der Waals surface area contributed by atoms with Crippen LogP contribution in [0.5, 0.6) is 0 Å². The highest BCUT2D eigenvalue weighted by Gasteiger charge is 2.18. The van der Waals surface area contributed by atoms with Gasteiger partial charge in [-0.25, -0.2) is 0 Å². The minimum Gasteiger partial charge on any atom is -0.379 e. The molecule has 6 heteroatoms. The number of fused-ring (bicyclic) bond motifs is 1. The van der Waals surface area contributed by atoms with Gasteiger partial charge >= 0.3 is 0 Å². The summed E-state index contributed by atoms with van der Waals surface area (Å²) in [4.78, 5) is 19.6. The predicted octanol–water partition coefficient (Wildman–Crippen LogP) is 2.76. The van der Waals surface area contributed by atoms with Crippen LogP contribution in [0.4, 0.5) is 0 Å². The smallest absolute Gasteiger partial charge is 0.252 e. The minimum atomic E-state index is -0.0476. The summed E-state index contributed by atoms with van der Waals surface area (Å²) in [7, 11) is 0. The van der Waals surface area contributed by atoms with Crippen LogP contribution in [-0.2, 0) is 4.74 Å². The van der Waals surface area contributed by atoms with Crippen LogP contribution in [-0.4, -0.2) is 54.7 Å². The van der Waals surface area contributed by atoms with E-state index >= 15 is 0 Å². The third-order valence-electron chi connectivity index (χ3n) is 4.16. The number of hydrogen-bond donors (Lipinski definition) is 1. The number of morpholine rings is 1. The van der Waals surface area contributed by atoms with E-state index in [4.69, 9.17) is 4.74 Å². The van der Waals surface area contributed by atoms with E-state index in [1.54, 1.807) is 0 Å². The number of aromatic nitrogens is 1. The lowest BCUT2D eigenvalue weighted by atomic mass is 10.1. The summed E-state index contributed by atoms with van der Waals surface area (Å²) in [5.74, 6) is -0.0476. The zero-order chi connectivity index (χ0) is 17.1. The van der Waals surface area contributed by atoms with E-state index in [2.05, 4.69) is 31.1 Å². The summed E-state index contributed by atoms with van der Waals surface area (Å²) < 4.78 is 6.32. The molecule has 1 aliphatic heterocycles. The molecule has 2 heterocycles. The van der Waals surface area contributed by atoms with E-state index in [9.17, 15) is 4.79 Å². The van der Waals surface area contributed by atoms with E-state index in [0.717, 1.165) is 53.9 Å². The summed E-state index contributed by atoms with van der Waals surface area (Å²) in [5.41, 5.74) is 2.35. The van der Waals surface area contributed by atoms with Crippen molar-refractivity contribution in [3.8, 4) is 0 Å². The molecule has 0 radical (unpaired) electrons. The van der Waals surface area contributed by atoms with Gasteiger partial charge in [0.25, 0.3) is 5.91 Å². The Hall–Kier alpha value is -1.50. The second-order valence-corrected chi connectivity index (χ2v) is 7.18. The zero-order valence-electron chi connectivity index (χ0n) is 14.0. The maximum Gasteiger partial charge on any atom is 0.252 e. The van der Waals surface area contributed by atoms with Gasteiger partial charge in [0.2, 0.25) is 0 Å². The molecule has 1 N–H and O–H groups in total. The van der Waals surface area contributed by atoms with Gasteiger partial charge in [-0.1, -0.05) is 22.0 Å². The van der Waals surface area contributed by atoms with Crippen LogP contribution < -0.4 is 5.32 Å². The molecule has 5 nitrogen and oxygen atoms in total. The Morgan fingerprint density at radius 3 is 2.88 bits per heavy atom. The Kier molecular flexibility index (Phi) is 5.48. The van der Waals surface area contributed by atoms with Gasteiger partial charge in [0, 0.05) is 41.2 Å². The van der Waals surface area contributed by atoms with E-state index < -0.39 is 0 Å². The highest BCUT2D eigenvalue weighted by molar-refractivity contribution is 9.10. The van der Waals surface area contributed by atoms with Crippen molar-refractivity contribution in [2.24, 2.45) is 0 Å². The van der Waals surface area contributed by atoms with Gasteiger partial charge in [0.15, 0.2) is 0 Å². The van der Waals surface area contributed by atoms with E-state index in [1.807, 2.05) is 38.1 Å². The van der Waals surface area contributed by atoms with E-state index in [0.29, 0.717) is 5.56 Å². The average Bonchev–Trinajstić information content (AvgIpc) is 2.54. The molecule has 1 amide bonds. The zero-order valence-corrected chi connectivity index (χ0v) is 15.6. The number of aryl methyl sites for hydroxylation is 1. The number of ether oxygens (including phenoxy) is 1. The molecule has 128 valence electrons. The number of halogens is 1. The molecular formula is C18H22BrN3O2. The van der Waals surface area contributed by atoms with Crippen molar-refractivity contribution in [3.05, 3.63) is 40.0 Å². The molecule has 1 aromatic carbocycles. The third-order valence-corrected chi connectivity index (χ3v) is 4.65. The number of nitrogens with zero attached hydrogens (tertiary/aromatic N) is 2. The van der Waals surface area contributed by atoms with Crippen LogP contribution in [0.25, 0.3) is 10.9 Å². The average molecular weight is 392 g/mol. The number of carbonyl (C=O) groups is 1. The van der Waals surface area contributed by atoms with Gasteiger partial charge in [0.1, 0.15) is 0 Å². The lowest BCUT2D eigenvalue weighted by molar-refractivity contribution is 0.0342. The van der Waals surface area contributed by atoms with Gasteiger partial charge in [-0.2, -0.15) is 0 Å². The molecule has 0 unspecified atom stereocenters. The Labute approximate surface area is 150 Å². The number of carbonyl (C=O) groups excluding carboxylic acids is 1. The monoisotopic (exact) mass is 391 g/mol. The first-order chi connectivity index (χ1) is 11.5. The van der Waals surface area contributed by atoms with Crippen LogP contribution in [0, 0.1) is 6.92 Å². The van der Waals surface area contributed by atoms with Crippen molar-refractivity contribution in [1.82, 2.24) is 15.2 Å². The van der Waals surface area contributed by atoms with Gasteiger partial charge in [-0.3, -0.25) is 14.7 Å². The largest absolute Gasteiger partial charge is 0.379 e. The van der Waals surface area contributed by atoms with Crippen molar-refractivity contribution in [2.45, 2.75) is 19.9 Å². The predicted molar refractivity (Wildman–Crippen MR) is 98.4 cm³/mol. The lowest BCUT2D eigenvalue weighted by Gasteiger charge is -2.29. The SMILES string of the molecule is Cc1cc(C(=O)N[C@H](C)CN2CCOCC2)c2ccc(Br)cc2n1. The van der Waals surface area contributed by atoms with Gasteiger partial charge < -0.3 is 10.1 Å². The van der Waals surface area contributed by atoms with Crippen molar-refractivity contribution < 1.29 is 9.53 Å². The quantitative estimate of drug-likeness (QED) is 0.870. The van der Waals surface area contributed by atoms with Gasteiger partial charge in [0.05, 0.1) is 24.3 Å². The fourth-order valence-electron chi connectivity index (χ4n) is 3.04. The molecule has 24 heavy (non-hydrogen) atoms. The molecule has 0 spiro atoms. The first kappa shape index (κ1) is 17.3. The molecule has 1 aliphatic rings. The molecule has 1 aromatic heterocycles. The fraction of sp³-hybridized carbons (Fsp3) is 0.444. The second kappa shape index (κ2) is 7.59. The highest BCUT2D eigenvalue weighted by atomic mass is 79.9. The number of nitrogens with one attached hydrogen (secondary N) is 1. The molecule has 1 saturated heterocycles. The molecule has 1 fully saturated rings. The highest BCUT2D eigenvalue weighted by Crippen LogP contribution is 2.22. The summed E-state index contributed by atoms with van der Waals surface area (Å²) >= 11 is 3.46. The number of amides is 1. The van der Waals surface area contributed by atoms with E-state index in [1.165, 1.54) is 0 Å². The Morgan fingerprint density at radius 1 is 1.38 bits per heavy atom. The van der Waals surface area contributed by atoms with Gasteiger partial charge in [-0.05, 0) is 32.0 Å². The fourth-order valence-corrected chi connectivity index (χ4v) is 3.39. The number of hydrogen-bond acceptors (Lipinski definition) is 4. The Balaban J connectivity index is 1.75. The second-order valence-electron chi connectivity index (χ2n) is 6.26. The minimum absolute atomic E-state index is 0.0476. The van der Waals surface area contributed by atoms with Crippen molar-refractivity contribution in [3.63, 3.8) is 0 Å². The van der Waals surface area contributed by atoms with Crippen LogP contribution in [0.2, 0.25) is 0 Å². The van der Waals surface area contributed by atoms with Crippen molar-refractivity contribution >= 4 is 32.7 Å². The van der Waals surface area contributed by atoms with Gasteiger partial charge in [-0.15, -0.1) is 0 Å². The summed E-state index contributed by atoms with van der Waals surface area (Å²) in [6.07, 6.45) is 0. The standard InChI is InChI=1S/C18H22BrN3O2/c1-12-9-16(15-4-3-14(19)10-17(15)20-12)18(23)21-13(2)11-22-5-7-24-8-6-22/h3-4,9-10,13H,5-8,11H2,1-2H3,(H,21,23)/t13-/m1/s1. The maximum atomic E-state index is 12.8. The molecule has 0 aliphatic carbocycles. The summed E-state index contributed by atoms with van der Waals surface area (Å²) in [6.45, 7) is 8.17. The summed E-state index contributed by atoms with van der Waals surface area (Å²) in [5, 5.41) is 3.99. The number of pyridine rings is 1. The molecule has 0 saturated carbocycles. The molecule has 1 atom stereocenters. The topological polar surface area (TPSA) is 54.5 Å². The summed E-state index contributed by atoms with van der Waals surface area (Å²) in [6, 6.07) is 7.75. The lowest BCUT2D eigenvalue weighted by Crippen LogP contribution is -2.46.